The Morgan fingerprint density at radius 2 is 1.20 bits per heavy atom. The van der Waals surface area contributed by atoms with E-state index < -0.39 is 0 Å². The molecule has 0 spiro atoms. The summed E-state index contributed by atoms with van der Waals surface area (Å²) in [7, 11) is 0. The molecule has 0 aliphatic heterocycles. The fraction of sp³-hybridized carbons (Fsp3) is 0.429. The van der Waals surface area contributed by atoms with Gasteiger partial charge in [0.1, 0.15) is 11.6 Å². The van der Waals surface area contributed by atoms with Gasteiger partial charge < -0.3 is 14.9 Å². The molecular weight excluding hydrogens is 313 g/mol. The number of carbonyl (C=O) groups is 2. The molecule has 0 aliphatic carbocycles. The summed E-state index contributed by atoms with van der Waals surface area (Å²) in [4.78, 5) is 20.1. The van der Waals surface area contributed by atoms with E-state index in [-0.39, 0.29) is 55.2 Å². The second-order valence-corrected chi connectivity index (χ2v) is 1.58. The summed E-state index contributed by atoms with van der Waals surface area (Å²) in [6.45, 7) is 2.81. The van der Waals surface area contributed by atoms with E-state index >= 15 is 0 Å². The van der Waals surface area contributed by atoms with Crippen LogP contribution in [0.1, 0.15) is 20.3 Å². The predicted octanol–water partition coefficient (Wildman–Crippen LogP) is 1.45. The van der Waals surface area contributed by atoms with E-state index in [0.29, 0.717) is 0 Å². The molecule has 0 aromatic carbocycles. The maximum atomic E-state index is 10.0. The molecule has 0 aromatic heterocycles. The minimum atomic E-state index is -0.0625. The van der Waals surface area contributed by atoms with E-state index in [2.05, 4.69) is 0 Å². The van der Waals surface area contributed by atoms with Crippen LogP contribution in [0.5, 0.6) is 0 Å². The molecule has 10 heavy (non-hydrogen) atoms. The van der Waals surface area contributed by atoms with Crippen LogP contribution in [0.25, 0.3) is 0 Å². The van der Waals surface area contributed by atoms with Crippen LogP contribution in [0.2, 0.25) is 0 Å². The van der Waals surface area contributed by atoms with Crippen molar-refractivity contribution in [1.82, 2.24) is 0 Å². The minimum absolute atomic E-state index is 0. The number of rotatable bonds is 2. The van der Waals surface area contributed by atoms with E-state index in [1.165, 1.54) is 13.8 Å². The number of hydrogen-bond donors (Lipinski definition) is 0. The average Bonchev–Trinajstić information content (AvgIpc) is 1.27. The van der Waals surface area contributed by atoms with Gasteiger partial charge in [0.15, 0.2) is 0 Å². The number of carbonyl (C=O) groups excluding carboxylic acids is 2. The third-order valence-electron chi connectivity index (χ3n) is 0.498. The van der Waals surface area contributed by atoms with Crippen molar-refractivity contribution in [1.29, 1.82) is 0 Å². The zero-order chi connectivity index (χ0) is 5.86. The van der Waals surface area contributed by atoms with Gasteiger partial charge in [0.2, 0.25) is 0 Å². The fourth-order valence-corrected chi connectivity index (χ4v) is 0.351. The van der Waals surface area contributed by atoms with Crippen LogP contribution >= 0.6 is 0 Å². The molecule has 0 aliphatic rings. The zero-order valence-corrected chi connectivity index (χ0v) is 8.99. The second kappa shape index (κ2) is 11.8. The molecule has 0 saturated carbocycles. The number of Topliss-reactive ketones (excluding diaryl/α,β-unsaturated/α-hetero) is 2. The van der Waals surface area contributed by atoms with Crippen molar-refractivity contribution in [2.24, 2.45) is 0 Å². The van der Waals surface area contributed by atoms with Crippen molar-refractivity contribution in [3.8, 4) is 0 Å². The monoisotopic (exact) mass is 327 g/mol. The van der Waals surface area contributed by atoms with Crippen molar-refractivity contribution < 1.29 is 32.0 Å². The molecule has 0 bridgehead atoms. The summed E-state index contributed by atoms with van der Waals surface area (Å²) in [6.07, 6.45) is 0.0833. The summed E-state index contributed by atoms with van der Waals surface area (Å²) in [5.41, 5.74) is 0. The molecule has 0 fully saturated rings. The summed E-state index contributed by atoms with van der Waals surface area (Å²) < 4.78 is 0. The largest absolute Gasteiger partial charge is 0.358 e. The van der Waals surface area contributed by atoms with Crippen molar-refractivity contribution in [2.45, 2.75) is 20.3 Å². The van der Waals surface area contributed by atoms with Gasteiger partial charge in [-0.3, -0.25) is 9.59 Å². The molecule has 1 radical (unpaired) electrons. The summed E-state index contributed by atoms with van der Waals surface area (Å²) in [5, 5.41) is 0. The van der Waals surface area contributed by atoms with Crippen molar-refractivity contribution >= 4 is 11.6 Å². The Hall–Kier alpha value is 0.0803. The number of hydrogen-bond acceptors (Lipinski definition) is 2. The Balaban J connectivity index is -0.0000000600. The van der Waals surface area contributed by atoms with E-state index in [1.807, 2.05) is 0 Å². The Bertz CT molecular complexity index is 87.8. The van der Waals surface area contributed by atoms with Crippen LogP contribution in [0, 0.1) is 14.9 Å². The molecule has 0 unspecified atom stereocenters. The smallest absolute Gasteiger partial charge is 0.137 e. The quantitative estimate of drug-likeness (QED) is 0.437. The van der Waals surface area contributed by atoms with Gasteiger partial charge in [-0.1, -0.05) is 0 Å². The first-order valence-electron chi connectivity index (χ1n) is 2.12. The van der Waals surface area contributed by atoms with E-state index in [0.717, 1.165) is 0 Å². The first-order valence-corrected chi connectivity index (χ1v) is 2.12. The molecule has 3 heteroatoms. The molecule has 2 nitrogen and oxygen atoms in total. The van der Waals surface area contributed by atoms with Gasteiger partial charge >= 0.3 is 0 Å². The van der Waals surface area contributed by atoms with Crippen LogP contribution in [0.4, 0.5) is 0 Å². The SMILES string of the molecule is CC(=O)CC(C)=O.[Au].[CH3-].[CH3-]. The maximum Gasteiger partial charge on any atom is 0.137 e. The van der Waals surface area contributed by atoms with Gasteiger partial charge in [-0.25, -0.2) is 0 Å². The zero-order valence-electron chi connectivity index (χ0n) is 6.83. The molecule has 67 valence electrons. The minimum Gasteiger partial charge on any atom is -0.358 e. The molecule has 0 N–H and O–H groups in total. The van der Waals surface area contributed by atoms with E-state index in [1.54, 1.807) is 0 Å². The fourth-order valence-electron chi connectivity index (χ4n) is 0.351. The van der Waals surface area contributed by atoms with Crippen LogP contribution in [0.15, 0.2) is 0 Å². The van der Waals surface area contributed by atoms with Gasteiger partial charge in [-0.05, 0) is 13.8 Å². The van der Waals surface area contributed by atoms with Crippen LogP contribution in [-0.2, 0) is 32.0 Å². The van der Waals surface area contributed by atoms with E-state index in [9.17, 15) is 9.59 Å². The molecule has 0 amide bonds. The molecule has 0 saturated heterocycles. The summed E-state index contributed by atoms with van der Waals surface area (Å²) in [5.74, 6) is -0.125. The second-order valence-electron chi connectivity index (χ2n) is 1.58. The predicted molar refractivity (Wildman–Crippen MR) is 38.8 cm³/mol. The molecule has 0 atom stereocenters. The maximum absolute atomic E-state index is 10.0. The summed E-state index contributed by atoms with van der Waals surface area (Å²) in [6, 6.07) is 0. The van der Waals surface area contributed by atoms with Gasteiger partial charge in [-0.2, -0.15) is 0 Å². The molecule has 0 heterocycles. The average molecular weight is 327 g/mol. The van der Waals surface area contributed by atoms with Crippen LogP contribution < -0.4 is 0 Å². The van der Waals surface area contributed by atoms with E-state index in [4.69, 9.17) is 0 Å². The Morgan fingerprint density at radius 3 is 1.20 bits per heavy atom. The third kappa shape index (κ3) is 24.3. The standard InChI is InChI=1S/C5H8O2.2CH3.Au/c1-4(6)3-5(2)7;;;/h3H2,1-2H3;2*1H3;/q;2*-1;. The van der Waals surface area contributed by atoms with Gasteiger partial charge in [0.25, 0.3) is 0 Å². The number of ketones is 2. The molecular formula is C7H14AuO2-2. The first kappa shape index (κ1) is 22.5. The van der Waals surface area contributed by atoms with Crippen molar-refractivity contribution in [2.75, 3.05) is 0 Å². The topological polar surface area (TPSA) is 34.1 Å². The third-order valence-corrected chi connectivity index (χ3v) is 0.498. The summed E-state index contributed by atoms with van der Waals surface area (Å²) >= 11 is 0. The van der Waals surface area contributed by atoms with Gasteiger partial charge in [0, 0.05) is 22.4 Å². The van der Waals surface area contributed by atoms with Gasteiger partial charge in [-0.15, -0.1) is 0 Å². The Morgan fingerprint density at radius 1 is 1.00 bits per heavy atom. The first-order chi connectivity index (χ1) is 3.13. The molecule has 0 aromatic rings. The Kier molecular flexibility index (Phi) is 26.6. The van der Waals surface area contributed by atoms with Crippen molar-refractivity contribution in [3.05, 3.63) is 14.9 Å². The normalized spacial score (nSPS) is 5.80. The van der Waals surface area contributed by atoms with Crippen molar-refractivity contribution in [3.63, 3.8) is 0 Å². The van der Waals surface area contributed by atoms with Crippen LogP contribution in [0.3, 0.4) is 0 Å². The van der Waals surface area contributed by atoms with Gasteiger partial charge in [0.05, 0.1) is 6.42 Å². The van der Waals surface area contributed by atoms with Crippen LogP contribution in [-0.4, -0.2) is 11.6 Å². The Labute approximate surface area is 78.9 Å². The molecule has 0 rings (SSSR count).